The smallest absolute Gasteiger partial charge is 0.348 e. The van der Waals surface area contributed by atoms with Gasteiger partial charge >= 0.3 is 11.9 Å². The van der Waals surface area contributed by atoms with Crippen LogP contribution in [0.1, 0.15) is 62.7 Å². The standard InChI is InChI=1S/C29H31N5O8S2/c1-6-40-27(37)22-16(3)23(28(38)41-7-2)44-26(22)31-24(35)17(4)43-29-33-32-21(15-30-25(36)20-13-10-14-42-20)34(29)18-11-8-9-12-19(18)39-5/h8-14,17H,6-7,15H2,1-5H3,(H,30,36)(H,31,35). The summed E-state index contributed by atoms with van der Waals surface area (Å²) in [7, 11) is 1.53. The molecule has 0 aliphatic rings. The second-order valence-electron chi connectivity index (χ2n) is 9.02. The number of furan rings is 1. The van der Waals surface area contributed by atoms with Gasteiger partial charge in [-0.25, -0.2) is 9.59 Å². The first kappa shape index (κ1) is 32.3. The van der Waals surface area contributed by atoms with Gasteiger partial charge in [0, 0.05) is 0 Å². The number of hydrogen-bond acceptors (Lipinski definition) is 12. The van der Waals surface area contributed by atoms with Gasteiger partial charge in [0.25, 0.3) is 5.91 Å². The summed E-state index contributed by atoms with van der Waals surface area (Å²) in [6, 6.07) is 10.3. The number of anilines is 1. The van der Waals surface area contributed by atoms with E-state index in [0.717, 1.165) is 23.1 Å². The summed E-state index contributed by atoms with van der Waals surface area (Å²) in [5, 5.41) is 13.9. The molecule has 0 aliphatic carbocycles. The molecule has 4 rings (SSSR count). The molecule has 232 valence electrons. The van der Waals surface area contributed by atoms with Crippen LogP contribution in [0.5, 0.6) is 5.75 Å². The number of thioether (sulfide) groups is 1. The minimum absolute atomic E-state index is 0.000270. The van der Waals surface area contributed by atoms with E-state index in [1.807, 2.05) is 12.1 Å². The van der Waals surface area contributed by atoms with Crippen LogP contribution in [0.2, 0.25) is 0 Å². The number of benzene rings is 1. The maximum atomic E-state index is 13.4. The van der Waals surface area contributed by atoms with Crippen LogP contribution in [0.15, 0.2) is 52.2 Å². The maximum Gasteiger partial charge on any atom is 0.348 e. The highest BCUT2D eigenvalue weighted by molar-refractivity contribution is 8.00. The molecule has 4 aromatic rings. The third-order valence-corrected chi connectivity index (χ3v) is 8.38. The van der Waals surface area contributed by atoms with Crippen LogP contribution < -0.4 is 15.4 Å². The Morgan fingerprint density at radius 2 is 1.77 bits per heavy atom. The molecule has 0 saturated heterocycles. The van der Waals surface area contributed by atoms with E-state index in [-0.39, 0.29) is 41.0 Å². The summed E-state index contributed by atoms with van der Waals surface area (Å²) in [6.45, 7) is 6.88. The predicted molar refractivity (Wildman–Crippen MR) is 163 cm³/mol. The van der Waals surface area contributed by atoms with Gasteiger partial charge in [-0.15, -0.1) is 21.5 Å². The second-order valence-corrected chi connectivity index (χ2v) is 11.3. The fourth-order valence-corrected chi connectivity index (χ4v) is 6.04. The molecule has 44 heavy (non-hydrogen) atoms. The van der Waals surface area contributed by atoms with E-state index in [0.29, 0.717) is 28.0 Å². The van der Waals surface area contributed by atoms with Gasteiger partial charge in [-0.1, -0.05) is 23.9 Å². The van der Waals surface area contributed by atoms with Crippen LogP contribution in [0.3, 0.4) is 0 Å². The Morgan fingerprint density at radius 1 is 1.05 bits per heavy atom. The van der Waals surface area contributed by atoms with Crippen LogP contribution in [0, 0.1) is 6.92 Å². The number of para-hydroxylation sites is 2. The number of carbonyl (C=O) groups is 4. The fraction of sp³-hybridized carbons (Fsp3) is 0.310. The first-order chi connectivity index (χ1) is 21.2. The lowest BCUT2D eigenvalue weighted by Crippen LogP contribution is -2.25. The number of nitrogens with zero attached hydrogens (tertiary/aromatic N) is 3. The first-order valence-corrected chi connectivity index (χ1v) is 15.2. The van der Waals surface area contributed by atoms with Crippen molar-refractivity contribution in [1.82, 2.24) is 20.1 Å². The van der Waals surface area contributed by atoms with Gasteiger partial charge in [0.2, 0.25) is 5.91 Å². The topological polar surface area (TPSA) is 164 Å². The molecule has 0 spiro atoms. The molecule has 0 bridgehead atoms. The van der Waals surface area contributed by atoms with Gasteiger partial charge in [-0.05, 0) is 57.5 Å². The molecular formula is C29H31N5O8S2. The first-order valence-electron chi connectivity index (χ1n) is 13.5. The molecule has 15 heteroatoms. The molecule has 0 saturated carbocycles. The number of ether oxygens (including phenoxy) is 3. The molecule has 3 heterocycles. The van der Waals surface area contributed by atoms with E-state index in [9.17, 15) is 19.2 Å². The lowest BCUT2D eigenvalue weighted by molar-refractivity contribution is -0.115. The average molecular weight is 642 g/mol. The van der Waals surface area contributed by atoms with Gasteiger partial charge in [-0.3, -0.25) is 14.2 Å². The molecule has 13 nitrogen and oxygen atoms in total. The van der Waals surface area contributed by atoms with Crippen molar-refractivity contribution in [3.8, 4) is 11.4 Å². The molecule has 0 fully saturated rings. The van der Waals surface area contributed by atoms with Crippen LogP contribution >= 0.6 is 23.1 Å². The molecule has 2 amide bonds. The maximum absolute atomic E-state index is 13.4. The number of methoxy groups -OCH3 is 1. The minimum atomic E-state index is -0.748. The molecular weight excluding hydrogens is 610 g/mol. The van der Waals surface area contributed by atoms with E-state index < -0.39 is 29.0 Å². The zero-order chi connectivity index (χ0) is 31.8. The van der Waals surface area contributed by atoms with Crippen LogP contribution in [0.25, 0.3) is 5.69 Å². The van der Waals surface area contributed by atoms with Crippen molar-refractivity contribution in [1.29, 1.82) is 0 Å². The highest BCUT2D eigenvalue weighted by Gasteiger charge is 2.29. The van der Waals surface area contributed by atoms with Crippen molar-refractivity contribution in [3.05, 3.63) is 70.3 Å². The highest BCUT2D eigenvalue weighted by Crippen LogP contribution is 2.36. The van der Waals surface area contributed by atoms with Crippen molar-refractivity contribution in [3.63, 3.8) is 0 Å². The van der Waals surface area contributed by atoms with Crippen LogP contribution in [-0.4, -0.2) is 64.1 Å². The molecule has 1 unspecified atom stereocenters. The van der Waals surface area contributed by atoms with Crippen LogP contribution in [-0.2, 0) is 20.8 Å². The predicted octanol–water partition coefficient (Wildman–Crippen LogP) is 4.64. The Hall–Kier alpha value is -4.63. The Bertz CT molecular complexity index is 1650. The van der Waals surface area contributed by atoms with Gasteiger partial charge < -0.3 is 29.3 Å². The quantitative estimate of drug-likeness (QED) is 0.154. The Kier molecular flexibility index (Phi) is 10.8. The lowest BCUT2D eigenvalue weighted by Gasteiger charge is -2.16. The Morgan fingerprint density at radius 3 is 2.45 bits per heavy atom. The molecule has 1 aromatic carbocycles. The van der Waals surface area contributed by atoms with Gasteiger partial charge in [0.1, 0.15) is 15.6 Å². The van der Waals surface area contributed by atoms with E-state index in [1.54, 1.807) is 56.5 Å². The summed E-state index contributed by atoms with van der Waals surface area (Å²) in [5.41, 5.74) is 1.05. The lowest BCUT2D eigenvalue weighted by atomic mass is 10.1. The number of aromatic nitrogens is 3. The Labute approximate surface area is 261 Å². The summed E-state index contributed by atoms with van der Waals surface area (Å²) in [6.07, 6.45) is 1.40. The van der Waals surface area contributed by atoms with E-state index in [1.165, 1.54) is 13.4 Å². The molecule has 1 atom stereocenters. The van der Waals surface area contributed by atoms with Gasteiger partial charge in [-0.2, -0.15) is 0 Å². The number of hydrogen-bond donors (Lipinski definition) is 2. The van der Waals surface area contributed by atoms with Gasteiger partial charge in [0.15, 0.2) is 16.7 Å². The monoisotopic (exact) mass is 641 g/mol. The largest absolute Gasteiger partial charge is 0.495 e. The third-order valence-electron chi connectivity index (χ3n) is 6.15. The van der Waals surface area contributed by atoms with Gasteiger partial charge in [0.05, 0.1) is 49.6 Å². The number of thiophene rings is 1. The highest BCUT2D eigenvalue weighted by atomic mass is 32.2. The average Bonchev–Trinajstić information content (AvgIpc) is 3.76. The fourth-order valence-electron chi connectivity index (χ4n) is 4.07. The number of rotatable bonds is 13. The number of carbonyl (C=O) groups excluding carboxylic acids is 4. The Balaban J connectivity index is 1.61. The van der Waals surface area contributed by atoms with Crippen molar-refractivity contribution in [2.24, 2.45) is 0 Å². The minimum Gasteiger partial charge on any atom is -0.495 e. The molecule has 0 aliphatic heterocycles. The summed E-state index contributed by atoms with van der Waals surface area (Å²) < 4.78 is 22.7. The van der Waals surface area contributed by atoms with E-state index in [2.05, 4.69) is 20.8 Å². The van der Waals surface area contributed by atoms with Crippen molar-refractivity contribution in [2.45, 2.75) is 44.6 Å². The zero-order valence-electron chi connectivity index (χ0n) is 24.7. The second kappa shape index (κ2) is 14.7. The summed E-state index contributed by atoms with van der Waals surface area (Å²) in [4.78, 5) is 51.5. The number of esters is 2. The number of amides is 2. The summed E-state index contributed by atoms with van der Waals surface area (Å²) >= 11 is 2.05. The van der Waals surface area contributed by atoms with Crippen LogP contribution in [0.4, 0.5) is 5.00 Å². The zero-order valence-corrected chi connectivity index (χ0v) is 26.3. The SMILES string of the molecule is CCOC(=O)c1sc(NC(=O)C(C)Sc2nnc(CNC(=O)c3ccco3)n2-c2ccccc2OC)c(C(=O)OCC)c1C. The van der Waals surface area contributed by atoms with Crippen molar-refractivity contribution in [2.75, 3.05) is 25.6 Å². The van der Waals surface area contributed by atoms with Crippen molar-refractivity contribution >= 4 is 51.9 Å². The summed E-state index contributed by atoms with van der Waals surface area (Å²) in [5.74, 6) is -1.11. The molecule has 3 aromatic heterocycles. The van der Waals surface area contributed by atoms with E-state index in [4.69, 9.17) is 18.6 Å². The van der Waals surface area contributed by atoms with Crippen molar-refractivity contribution < 1.29 is 37.8 Å². The third kappa shape index (κ3) is 7.11. The number of nitrogens with one attached hydrogen (secondary N) is 2. The normalized spacial score (nSPS) is 11.5. The molecule has 2 N–H and O–H groups in total. The molecule has 0 radical (unpaired) electrons. The van der Waals surface area contributed by atoms with E-state index >= 15 is 0 Å².